The van der Waals surface area contributed by atoms with E-state index in [2.05, 4.69) is 71.9 Å². The summed E-state index contributed by atoms with van der Waals surface area (Å²) in [4.78, 5) is 12.9. The minimum atomic E-state index is -1.83. The average molecular weight is 527 g/mol. The summed E-state index contributed by atoms with van der Waals surface area (Å²) in [6.45, 7) is 13.5. The van der Waals surface area contributed by atoms with Crippen LogP contribution in [0.4, 0.5) is 0 Å². The normalized spacial score (nSPS) is 14.6. The van der Waals surface area contributed by atoms with Crippen molar-refractivity contribution in [2.45, 2.75) is 110 Å². The van der Waals surface area contributed by atoms with Gasteiger partial charge in [0.15, 0.2) is 14.1 Å². The molecule has 0 amide bonds. The number of rotatable bonds is 16. The number of hydrogen-bond acceptors (Lipinski definition) is 4. The first-order valence-corrected chi connectivity index (χ1v) is 19.2. The molecule has 0 saturated carbocycles. The van der Waals surface area contributed by atoms with E-state index in [0.717, 1.165) is 66.3 Å². The summed E-state index contributed by atoms with van der Waals surface area (Å²) in [7, 11) is -3.59. The van der Waals surface area contributed by atoms with Crippen LogP contribution in [0.3, 0.4) is 0 Å². The van der Waals surface area contributed by atoms with Crippen molar-refractivity contribution in [2.24, 2.45) is 0 Å². The second kappa shape index (κ2) is 13.1. The highest BCUT2D eigenvalue weighted by atomic mass is 28.4. The van der Waals surface area contributed by atoms with Gasteiger partial charge in [-0.15, -0.1) is 0 Å². The zero-order chi connectivity index (χ0) is 26.2. The monoisotopic (exact) mass is 526 g/mol. The largest absolute Gasteiger partial charge is 0.519 e. The van der Waals surface area contributed by atoms with Gasteiger partial charge in [-0.25, -0.2) is 0 Å². The highest BCUT2D eigenvalue weighted by Crippen LogP contribution is 2.29. The smallest absolute Gasteiger partial charge is 0.271 e. The first-order chi connectivity index (χ1) is 17.4. The Balaban J connectivity index is 1.80. The van der Waals surface area contributed by atoms with E-state index in [1.165, 1.54) is 5.56 Å². The standard InChI is InChI=1S/C30H46O4Si2/c1-7-35(8-2,9-3)33-25(19-18-24-16-14-13-15-17-24)20-21-26-27-22-30(32-29(27)23-28(26)31)34-36(10-4,11-5)12-6/h13-17,22-23,25H,7-12,18-21H2,1-6H3. The molecule has 1 aromatic carbocycles. The van der Waals surface area contributed by atoms with Gasteiger partial charge in [0.1, 0.15) is 5.42 Å². The maximum Gasteiger partial charge on any atom is 0.271 e. The lowest BCUT2D eigenvalue weighted by molar-refractivity contribution is -0.108. The Bertz CT molecular complexity index is 1080. The number of Topliss-reactive ketones (excluding diaryl/α,β-unsaturated/α-hetero) is 1. The van der Waals surface area contributed by atoms with Gasteiger partial charge in [0.2, 0.25) is 0 Å². The number of hydrogen-bond donors (Lipinski definition) is 0. The predicted octanol–water partition coefficient (Wildman–Crippen LogP) is 6.98. The molecule has 3 rings (SSSR count). The van der Waals surface area contributed by atoms with Crippen LogP contribution in [0.15, 0.2) is 40.8 Å². The van der Waals surface area contributed by atoms with Crippen molar-refractivity contribution < 1.29 is 18.1 Å². The fourth-order valence-electron chi connectivity index (χ4n) is 5.45. The number of carbonyl (C=O) groups excluding carboxylic acids is 1. The number of carbonyl (C=O) groups is 1. The molecular formula is C30H46O4Si2. The van der Waals surface area contributed by atoms with Crippen LogP contribution in [-0.4, -0.2) is 28.5 Å². The van der Waals surface area contributed by atoms with Crippen molar-refractivity contribution in [3.05, 3.63) is 52.6 Å². The van der Waals surface area contributed by atoms with Crippen LogP contribution in [0.5, 0.6) is 5.95 Å². The SMILES string of the molecule is CC[Si](CC)(CC)Oc1cc2c(o1)=CC(=O)C=2CCC(CCc1ccccc1)O[Si](CC)(CC)CC. The molecule has 36 heavy (non-hydrogen) atoms. The lowest BCUT2D eigenvalue weighted by atomic mass is 10.00. The van der Waals surface area contributed by atoms with Gasteiger partial charge in [-0.05, 0) is 67.5 Å². The second-order valence-corrected chi connectivity index (χ2v) is 19.6. The zero-order valence-corrected chi connectivity index (χ0v) is 25.3. The van der Waals surface area contributed by atoms with Gasteiger partial charge >= 0.3 is 0 Å². The van der Waals surface area contributed by atoms with E-state index >= 15 is 0 Å². The summed E-state index contributed by atoms with van der Waals surface area (Å²) >= 11 is 0. The number of aryl methyl sites for hydroxylation is 1. The Hall–Kier alpha value is -1.90. The molecule has 1 aromatic heterocycles. The number of ketones is 1. The Morgan fingerprint density at radius 2 is 1.39 bits per heavy atom. The van der Waals surface area contributed by atoms with Gasteiger partial charge < -0.3 is 13.3 Å². The van der Waals surface area contributed by atoms with Crippen LogP contribution >= 0.6 is 0 Å². The first-order valence-electron chi connectivity index (χ1n) is 14.2. The van der Waals surface area contributed by atoms with E-state index in [0.29, 0.717) is 17.8 Å². The quantitative estimate of drug-likeness (QED) is 0.221. The number of furan rings is 1. The van der Waals surface area contributed by atoms with Gasteiger partial charge in [-0.1, -0.05) is 71.9 Å². The van der Waals surface area contributed by atoms with Gasteiger partial charge in [0.25, 0.3) is 14.3 Å². The molecule has 1 aliphatic carbocycles. The van der Waals surface area contributed by atoms with Crippen molar-refractivity contribution >= 4 is 34.1 Å². The first kappa shape index (κ1) is 28.7. The van der Waals surface area contributed by atoms with Crippen molar-refractivity contribution in [1.82, 2.24) is 0 Å². The summed E-state index contributed by atoms with van der Waals surface area (Å²) in [5.74, 6) is 0.664. The molecule has 1 atom stereocenters. The molecule has 1 aliphatic rings. The van der Waals surface area contributed by atoms with Crippen LogP contribution in [-0.2, 0) is 15.6 Å². The summed E-state index contributed by atoms with van der Waals surface area (Å²) in [6.07, 6.45) is 5.34. The summed E-state index contributed by atoms with van der Waals surface area (Å²) < 4.78 is 19.5. The Kier molecular flexibility index (Phi) is 10.4. The van der Waals surface area contributed by atoms with Gasteiger partial charge in [-0.2, -0.15) is 0 Å². The predicted molar refractivity (Wildman–Crippen MR) is 155 cm³/mol. The minimum Gasteiger partial charge on any atom is -0.519 e. The summed E-state index contributed by atoms with van der Waals surface area (Å²) in [6, 6.07) is 19.2. The van der Waals surface area contributed by atoms with E-state index in [4.69, 9.17) is 13.3 Å². The molecule has 0 fully saturated rings. The Morgan fingerprint density at radius 3 is 1.97 bits per heavy atom. The summed E-state index contributed by atoms with van der Waals surface area (Å²) in [5.41, 5.74) is 2.86. The minimum absolute atomic E-state index is 0.0760. The average Bonchev–Trinajstić information content (AvgIpc) is 3.43. The lowest BCUT2D eigenvalue weighted by Crippen LogP contribution is -2.40. The third-order valence-corrected chi connectivity index (χ3v) is 17.7. The highest BCUT2D eigenvalue weighted by Gasteiger charge is 2.34. The van der Waals surface area contributed by atoms with E-state index in [1.54, 1.807) is 6.08 Å². The molecule has 1 unspecified atom stereocenters. The summed E-state index contributed by atoms with van der Waals surface area (Å²) in [5, 5.41) is 0.924. The lowest BCUT2D eigenvalue weighted by Gasteiger charge is -2.33. The fraction of sp³-hybridized carbons (Fsp3) is 0.567. The Morgan fingerprint density at radius 1 is 0.806 bits per heavy atom. The van der Waals surface area contributed by atoms with E-state index < -0.39 is 16.6 Å². The van der Waals surface area contributed by atoms with Crippen molar-refractivity contribution in [1.29, 1.82) is 0 Å². The van der Waals surface area contributed by atoms with E-state index in [1.807, 2.05) is 6.07 Å². The van der Waals surface area contributed by atoms with Crippen LogP contribution < -0.4 is 15.1 Å². The molecule has 6 heteroatoms. The third-order valence-electron chi connectivity index (χ3n) is 8.54. The van der Waals surface area contributed by atoms with Gasteiger partial charge in [-0.3, -0.25) is 4.79 Å². The van der Waals surface area contributed by atoms with Crippen LogP contribution in [0.25, 0.3) is 11.6 Å². The maximum absolute atomic E-state index is 12.9. The van der Waals surface area contributed by atoms with Crippen LogP contribution in [0.1, 0.15) is 66.4 Å². The molecule has 0 spiro atoms. The maximum atomic E-state index is 12.9. The van der Waals surface area contributed by atoms with Crippen LogP contribution in [0.2, 0.25) is 36.3 Å². The zero-order valence-electron chi connectivity index (χ0n) is 23.3. The number of fused-ring (bicyclic) bond motifs is 1. The highest BCUT2D eigenvalue weighted by molar-refractivity contribution is 6.74. The molecule has 0 N–H and O–H groups in total. The topological polar surface area (TPSA) is 48.7 Å². The van der Waals surface area contributed by atoms with E-state index in [9.17, 15) is 4.79 Å². The van der Waals surface area contributed by atoms with Crippen LogP contribution in [0, 0.1) is 0 Å². The Labute approximate surface area is 220 Å². The molecule has 0 saturated heterocycles. The molecule has 2 aromatic rings. The third kappa shape index (κ3) is 6.70. The molecule has 198 valence electrons. The van der Waals surface area contributed by atoms with Crippen molar-refractivity contribution in [3.63, 3.8) is 0 Å². The second-order valence-electron chi connectivity index (χ2n) is 10.2. The van der Waals surface area contributed by atoms with E-state index in [-0.39, 0.29) is 11.9 Å². The van der Waals surface area contributed by atoms with Crippen molar-refractivity contribution in [3.8, 4) is 5.95 Å². The van der Waals surface area contributed by atoms with Gasteiger partial charge in [0.05, 0.1) is 0 Å². The van der Waals surface area contributed by atoms with Crippen molar-refractivity contribution in [2.75, 3.05) is 0 Å². The number of benzene rings is 1. The molecule has 4 nitrogen and oxygen atoms in total. The molecule has 0 aliphatic heterocycles. The van der Waals surface area contributed by atoms with Gasteiger partial charge in [0, 0.05) is 29.0 Å². The molecule has 0 bridgehead atoms. The molecular weight excluding hydrogens is 480 g/mol. The molecule has 0 radical (unpaired) electrons. The molecule has 1 heterocycles. The fourth-order valence-corrected chi connectivity index (χ4v) is 10.8.